The van der Waals surface area contributed by atoms with Crippen LogP contribution in [-0.4, -0.2) is 56.6 Å². The molecule has 4 rings (SSSR count). The molecule has 0 radical (unpaired) electrons. The van der Waals surface area contributed by atoms with Crippen LogP contribution < -0.4 is 5.73 Å². The van der Waals surface area contributed by atoms with Crippen LogP contribution in [0.3, 0.4) is 0 Å². The molecule has 1 aliphatic rings. The minimum Gasteiger partial charge on any atom is -0.366 e. The topological polar surface area (TPSA) is 62.7 Å². The van der Waals surface area contributed by atoms with E-state index in [2.05, 4.69) is 58.0 Å². The Morgan fingerprint density at radius 3 is 2.43 bits per heavy atom. The summed E-state index contributed by atoms with van der Waals surface area (Å²) in [5, 5.41) is 4.31. The number of hydrogen-bond acceptors (Lipinski definition) is 5. The van der Waals surface area contributed by atoms with Gasteiger partial charge in [0.15, 0.2) is 5.65 Å². The van der Waals surface area contributed by atoms with Crippen LogP contribution >= 0.6 is 0 Å². The Bertz CT molecular complexity index is 904. The monoisotopic (exact) mass is 378 g/mol. The summed E-state index contributed by atoms with van der Waals surface area (Å²) in [6.07, 6.45) is 2.55. The Hall–Kier alpha value is -2.44. The largest absolute Gasteiger partial charge is 0.366 e. The molecule has 3 heterocycles. The number of piperidine rings is 1. The molecule has 0 bridgehead atoms. The average molecular weight is 379 g/mol. The van der Waals surface area contributed by atoms with E-state index in [0.29, 0.717) is 5.95 Å². The number of fused-ring (bicyclic) bond motifs is 1. The van der Waals surface area contributed by atoms with Crippen molar-refractivity contribution in [3.8, 4) is 11.3 Å². The average Bonchev–Trinajstić information content (AvgIpc) is 3.11. The van der Waals surface area contributed by atoms with Crippen LogP contribution in [0, 0.1) is 0 Å². The molecule has 6 heteroatoms. The summed E-state index contributed by atoms with van der Waals surface area (Å²) in [5.74, 6) is 0.303. The molecule has 28 heavy (non-hydrogen) atoms. The molecule has 1 aliphatic heterocycles. The lowest BCUT2D eigenvalue weighted by atomic mass is 10.0. The van der Waals surface area contributed by atoms with Crippen LogP contribution in [0.5, 0.6) is 0 Å². The molecule has 0 spiro atoms. The number of rotatable bonds is 6. The van der Waals surface area contributed by atoms with Gasteiger partial charge in [-0.3, -0.25) is 4.90 Å². The summed E-state index contributed by atoms with van der Waals surface area (Å²) >= 11 is 0. The number of nitrogens with zero attached hydrogens (tertiary/aromatic N) is 5. The predicted molar refractivity (Wildman–Crippen MR) is 114 cm³/mol. The fourth-order valence-electron chi connectivity index (χ4n) is 4.36. The number of anilines is 1. The number of nitrogens with two attached hydrogens (primary N) is 1. The highest BCUT2D eigenvalue weighted by Crippen LogP contribution is 2.23. The summed E-state index contributed by atoms with van der Waals surface area (Å²) in [4.78, 5) is 9.42. The Morgan fingerprint density at radius 2 is 1.75 bits per heavy atom. The molecule has 0 atom stereocenters. The molecular weight excluding hydrogens is 348 g/mol. The maximum atomic E-state index is 5.76. The highest BCUT2D eigenvalue weighted by Gasteiger charge is 2.22. The Balaban J connectivity index is 1.42. The summed E-state index contributed by atoms with van der Waals surface area (Å²) in [7, 11) is 0. The molecule has 1 fully saturated rings. The Kier molecular flexibility index (Phi) is 5.59. The lowest BCUT2D eigenvalue weighted by molar-refractivity contribution is 0.113. The molecular formula is C22H30N6. The van der Waals surface area contributed by atoms with Gasteiger partial charge in [0, 0.05) is 18.2 Å². The van der Waals surface area contributed by atoms with E-state index in [1.165, 1.54) is 31.5 Å². The quantitative estimate of drug-likeness (QED) is 0.713. The second-order valence-electron chi connectivity index (χ2n) is 7.58. The zero-order valence-corrected chi connectivity index (χ0v) is 16.9. The van der Waals surface area contributed by atoms with E-state index in [0.717, 1.165) is 42.6 Å². The molecule has 0 unspecified atom stereocenters. The van der Waals surface area contributed by atoms with Crippen molar-refractivity contribution < 1.29 is 0 Å². The summed E-state index contributed by atoms with van der Waals surface area (Å²) in [5.41, 5.74) is 10.0. The van der Waals surface area contributed by atoms with Crippen LogP contribution in [0.4, 0.5) is 5.95 Å². The molecule has 0 saturated carbocycles. The summed E-state index contributed by atoms with van der Waals surface area (Å²) < 4.78 is 1.81. The smallest absolute Gasteiger partial charge is 0.240 e. The lowest BCUT2D eigenvalue weighted by Gasteiger charge is -2.37. The molecule has 0 amide bonds. The molecule has 1 aromatic carbocycles. The van der Waals surface area contributed by atoms with Gasteiger partial charge in [0.05, 0.1) is 5.69 Å². The maximum absolute atomic E-state index is 5.76. The number of pyridine rings is 1. The van der Waals surface area contributed by atoms with Gasteiger partial charge in [0.1, 0.15) is 0 Å². The standard InChI is InChI=1S/C22H30N6/c1-3-27(4-2)19-12-14-26(15-13-19)16-17-8-10-18(11-9-17)20-6-5-7-21-24-22(23)25-28(20)21/h5-11,19H,3-4,12-16H2,1-2H3,(H2,23,25). The molecule has 3 aromatic rings. The number of aromatic nitrogens is 3. The SMILES string of the molecule is CCN(CC)C1CCN(Cc2ccc(-c3cccc4nc(N)nn34)cc2)CC1. The zero-order chi connectivity index (χ0) is 19.5. The molecule has 6 nitrogen and oxygen atoms in total. The Morgan fingerprint density at radius 1 is 1.04 bits per heavy atom. The third-order valence-electron chi connectivity index (χ3n) is 5.92. The van der Waals surface area contributed by atoms with Gasteiger partial charge in [-0.05, 0) is 56.7 Å². The highest BCUT2D eigenvalue weighted by molar-refractivity contribution is 5.63. The van der Waals surface area contributed by atoms with Gasteiger partial charge in [-0.2, -0.15) is 4.98 Å². The van der Waals surface area contributed by atoms with E-state index in [1.807, 2.05) is 22.7 Å². The first-order valence-electron chi connectivity index (χ1n) is 10.3. The van der Waals surface area contributed by atoms with E-state index in [-0.39, 0.29) is 0 Å². The highest BCUT2D eigenvalue weighted by atomic mass is 15.3. The van der Waals surface area contributed by atoms with Crippen molar-refractivity contribution in [1.29, 1.82) is 0 Å². The van der Waals surface area contributed by atoms with Crippen LogP contribution in [-0.2, 0) is 6.54 Å². The first-order valence-corrected chi connectivity index (χ1v) is 10.3. The van der Waals surface area contributed by atoms with Crippen molar-refractivity contribution in [2.75, 3.05) is 31.9 Å². The number of hydrogen-bond donors (Lipinski definition) is 1. The number of nitrogen functional groups attached to an aromatic ring is 1. The lowest BCUT2D eigenvalue weighted by Crippen LogP contribution is -2.44. The first kappa shape index (κ1) is 18.9. The van der Waals surface area contributed by atoms with Gasteiger partial charge in [0.25, 0.3) is 0 Å². The molecule has 2 aromatic heterocycles. The van der Waals surface area contributed by atoms with E-state index in [1.54, 1.807) is 0 Å². The third-order valence-corrected chi connectivity index (χ3v) is 5.92. The van der Waals surface area contributed by atoms with Crippen LogP contribution in [0.2, 0.25) is 0 Å². The van der Waals surface area contributed by atoms with E-state index in [4.69, 9.17) is 5.73 Å². The minimum atomic E-state index is 0.303. The van der Waals surface area contributed by atoms with Gasteiger partial charge in [-0.15, -0.1) is 5.10 Å². The van der Waals surface area contributed by atoms with E-state index < -0.39 is 0 Å². The predicted octanol–water partition coefficient (Wildman–Crippen LogP) is 3.28. The summed E-state index contributed by atoms with van der Waals surface area (Å²) in [6, 6.07) is 15.5. The maximum Gasteiger partial charge on any atom is 0.240 e. The molecule has 0 aliphatic carbocycles. The number of likely N-dealkylation sites (tertiary alicyclic amines) is 1. The number of benzene rings is 1. The van der Waals surface area contributed by atoms with Crippen LogP contribution in [0.1, 0.15) is 32.3 Å². The normalized spacial score (nSPS) is 16.2. The molecule has 148 valence electrons. The second-order valence-corrected chi connectivity index (χ2v) is 7.58. The molecule has 1 saturated heterocycles. The van der Waals surface area contributed by atoms with Gasteiger partial charge in [-0.1, -0.05) is 44.2 Å². The zero-order valence-electron chi connectivity index (χ0n) is 16.9. The van der Waals surface area contributed by atoms with Crippen LogP contribution in [0.25, 0.3) is 16.9 Å². The van der Waals surface area contributed by atoms with Gasteiger partial charge >= 0.3 is 0 Å². The van der Waals surface area contributed by atoms with Crippen molar-refractivity contribution >= 4 is 11.6 Å². The van der Waals surface area contributed by atoms with Crippen molar-refractivity contribution in [2.45, 2.75) is 39.3 Å². The third kappa shape index (κ3) is 3.88. The van der Waals surface area contributed by atoms with Crippen molar-refractivity contribution in [1.82, 2.24) is 24.4 Å². The van der Waals surface area contributed by atoms with E-state index in [9.17, 15) is 0 Å². The van der Waals surface area contributed by atoms with Crippen LogP contribution in [0.15, 0.2) is 42.5 Å². The van der Waals surface area contributed by atoms with Gasteiger partial charge in [0.2, 0.25) is 5.95 Å². The van der Waals surface area contributed by atoms with Gasteiger partial charge < -0.3 is 10.6 Å². The Labute approximate surface area is 167 Å². The first-order chi connectivity index (χ1) is 13.7. The fraction of sp³-hybridized carbons (Fsp3) is 0.455. The molecule has 2 N–H and O–H groups in total. The van der Waals surface area contributed by atoms with E-state index >= 15 is 0 Å². The van der Waals surface area contributed by atoms with Gasteiger partial charge in [-0.25, -0.2) is 4.52 Å². The minimum absolute atomic E-state index is 0.303. The second kappa shape index (κ2) is 8.29. The fourth-order valence-corrected chi connectivity index (χ4v) is 4.36. The van der Waals surface area contributed by atoms with Crippen molar-refractivity contribution in [3.05, 3.63) is 48.0 Å². The van der Waals surface area contributed by atoms with Crippen molar-refractivity contribution in [3.63, 3.8) is 0 Å². The summed E-state index contributed by atoms with van der Waals surface area (Å²) in [6.45, 7) is 10.2. The van der Waals surface area contributed by atoms with Crippen molar-refractivity contribution in [2.24, 2.45) is 0 Å².